The molecule has 31 heavy (non-hydrogen) atoms. The summed E-state index contributed by atoms with van der Waals surface area (Å²) in [6.07, 6.45) is 0.435. The van der Waals surface area contributed by atoms with E-state index in [1.807, 2.05) is 23.6 Å². The van der Waals surface area contributed by atoms with Crippen molar-refractivity contribution in [3.63, 3.8) is 0 Å². The average Bonchev–Trinajstić information content (AvgIpc) is 3.42. The summed E-state index contributed by atoms with van der Waals surface area (Å²) in [5, 5.41) is 7.61. The zero-order chi connectivity index (χ0) is 21.5. The molecule has 0 radical (unpaired) electrons. The Hall–Kier alpha value is -3.52. The first-order valence-corrected chi connectivity index (χ1v) is 10.8. The summed E-state index contributed by atoms with van der Waals surface area (Å²) in [5.41, 5.74) is 1.96. The Labute approximate surface area is 181 Å². The van der Waals surface area contributed by atoms with Gasteiger partial charge < -0.3 is 15.5 Å². The summed E-state index contributed by atoms with van der Waals surface area (Å²) in [6, 6.07) is 13.3. The van der Waals surface area contributed by atoms with E-state index in [1.165, 1.54) is 23.1 Å². The molecule has 0 saturated carbocycles. The highest BCUT2D eigenvalue weighted by Gasteiger charge is 2.45. The van der Waals surface area contributed by atoms with Gasteiger partial charge in [0.1, 0.15) is 11.9 Å². The van der Waals surface area contributed by atoms with Crippen LogP contribution < -0.4 is 10.6 Å². The van der Waals surface area contributed by atoms with Gasteiger partial charge in [0.15, 0.2) is 0 Å². The molecule has 2 aliphatic rings. The highest BCUT2D eigenvalue weighted by atomic mass is 32.1. The van der Waals surface area contributed by atoms with Crippen molar-refractivity contribution < 1.29 is 18.8 Å². The number of hydrogen-bond acceptors (Lipinski definition) is 4. The number of fused-ring (bicyclic) bond motifs is 2. The van der Waals surface area contributed by atoms with Gasteiger partial charge in [0.25, 0.3) is 11.8 Å². The van der Waals surface area contributed by atoms with Gasteiger partial charge in [0, 0.05) is 17.0 Å². The lowest BCUT2D eigenvalue weighted by Crippen LogP contribution is -2.51. The second-order valence-electron chi connectivity index (χ2n) is 7.55. The van der Waals surface area contributed by atoms with Crippen LogP contribution in [0.3, 0.4) is 0 Å². The monoisotopic (exact) mass is 435 g/mol. The Bertz CT molecular complexity index is 1190. The summed E-state index contributed by atoms with van der Waals surface area (Å²) >= 11 is 1.57. The number of halogens is 1. The topological polar surface area (TPSA) is 78.5 Å². The van der Waals surface area contributed by atoms with Crippen LogP contribution in [0.15, 0.2) is 60.0 Å². The van der Waals surface area contributed by atoms with Crippen LogP contribution in [0.25, 0.3) is 10.4 Å². The molecular weight excluding hydrogens is 417 g/mol. The lowest BCUT2D eigenvalue weighted by molar-refractivity contribution is -0.120. The molecule has 3 heterocycles. The Morgan fingerprint density at radius 2 is 2.00 bits per heavy atom. The van der Waals surface area contributed by atoms with Gasteiger partial charge in [-0.15, -0.1) is 11.3 Å². The largest absolute Gasteiger partial charge is 0.347 e. The van der Waals surface area contributed by atoms with Crippen LogP contribution in [0.5, 0.6) is 0 Å². The van der Waals surface area contributed by atoms with Crippen molar-refractivity contribution in [2.75, 3.05) is 11.9 Å². The number of nitrogens with one attached hydrogen (secondary N) is 2. The fraction of sp³-hybridized carbons (Fsp3) is 0.174. The molecule has 156 valence electrons. The molecule has 6 nitrogen and oxygen atoms in total. The Morgan fingerprint density at radius 3 is 2.77 bits per heavy atom. The maximum atomic E-state index is 13.5. The summed E-state index contributed by atoms with van der Waals surface area (Å²) in [5.74, 6) is -1.59. The molecule has 3 amide bonds. The van der Waals surface area contributed by atoms with Crippen molar-refractivity contribution in [3.8, 4) is 10.4 Å². The number of thiophene rings is 1. The highest BCUT2D eigenvalue weighted by molar-refractivity contribution is 7.13. The molecule has 2 aromatic carbocycles. The first-order valence-electron chi connectivity index (χ1n) is 9.87. The molecule has 2 N–H and O–H groups in total. The summed E-state index contributed by atoms with van der Waals surface area (Å²) in [7, 11) is 0. The second-order valence-corrected chi connectivity index (χ2v) is 8.50. The third-order valence-corrected chi connectivity index (χ3v) is 6.56. The molecule has 5 rings (SSSR count). The van der Waals surface area contributed by atoms with Crippen molar-refractivity contribution in [2.24, 2.45) is 0 Å². The van der Waals surface area contributed by atoms with E-state index in [9.17, 15) is 18.8 Å². The van der Waals surface area contributed by atoms with Crippen molar-refractivity contribution in [1.29, 1.82) is 0 Å². The van der Waals surface area contributed by atoms with Gasteiger partial charge in [0.2, 0.25) is 5.91 Å². The van der Waals surface area contributed by atoms with E-state index in [4.69, 9.17) is 0 Å². The smallest absolute Gasteiger partial charge is 0.256 e. The minimum absolute atomic E-state index is 0.169. The Kier molecular flexibility index (Phi) is 4.78. The van der Waals surface area contributed by atoms with Crippen LogP contribution >= 0.6 is 11.3 Å². The van der Waals surface area contributed by atoms with Gasteiger partial charge in [-0.05, 0) is 53.8 Å². The predicted octanol–water partition coefficient (Wildman–Crippen LogP) is 3.52. The number of rotatable bonds is 3. The van der Waals surface area contributed by atoms with Gasteiger partial charge in [-0.25, -0.2) is 4.39 Å². The predicted molar refractivity (Wildman–Crippen MR) is 115 cm³/mol. The van der Waals surface area contributed by atoms with Gasteiger partial charge in [0.05, 0.1) is 17.3 Å². The number of anilines is 1. The Morgan fingerprint density at radius 1 is 1.13 bits per heavy atom. The minimum Gasteiger partial charge on any atom is -0.347 e. The quantitative estimate of drug-likeness (QED) is 0.661. The van der Waals surface area contributed by atoms with Crippen LogP contribution in [0, 0.1) is 5.82 Å². The molecule has 1 aromatic heterocycles. The van der Waals surface area contributed by atoms with Crippen LogP contribution in [-0.4, -0.2) is 41.2 Å². The summed E-state index contributed by atoms with van der Waals surface area (Å²) < 4.78 is 13.5. The molecule has 3 aromatic rings. The third-order valence-electron chi connectivity index (χ3n) is 5.64. The summed E-state index contributed by atoms with van der Waals surface area (Å²) in [6.45, 7) is 0.341. The SMILES string of the molecule is O=C(N[C@H]1CCN2C(=O)c3cc(-c4cccs4)ccc3NC(=O)[C@H]12)c1cccc(F)c1. The molecule has 0 spiro atoms. The number of hydrogen-bond donors (Lipinski definition) is 2. The van der Waals surface area contributed by atoms with Crippen molar-refractivity contribution >= 4 is 34.7 Å². The molecule has 1 fully saturated rings. The van der Waals surface area contributed by atoms with Crippen LogP contribution in [0.2, 0.25) is 0 Å². The Balaban J connectivity index is 1.42. The van der Waals surface area contributed by atoms with Crippen LogP contribution in [-0.2, 0) is 4.79 Å². The van der Waals surface area contributed by atoms with Crippen LogP contribution in [0.4, 0.5) is 10.1 Å². The standard InChI is InChI=1S/C23H18FN3O3S/c24-15-4-1-3-14(11-15)21(28)26-18-8-9-27-20(18)22(29)25-17-7-6-13(12-16(17)23(27)30)19-5-2-10-31-19/h1-7,10-12,18,20H,8-9H2,(H,25,29)(H,26,28)/t18-,20-/m0/s1. The van der Waals surface area contributed by atoms with Gasteiger partial charge in [-0.1, -0.05) is 18.2 Å². The molecule has 2 atom stereocenters. The number of carbonyl (C=O) groups is 3. The van der Waals surface area contributed by atoms with Crippen molar-refractivity contribution in [1.82, 2.24) is 10.2 Å². The minimum atomic E-state index is -0.831. The molecule has 0 unspecified atom stereocenters. The van der Waals surface area contributed by atoms with Gasteiger partial charge in [-0.3, -0.25) is 14.4 Å². The van der Waals surface area contributed by atoms with E-state index in [2.05, 4.69) is 10.6 Å². The molecule has 1 saturated heterocycles. The number of amides is 3. The maximum Gasteiger partial charge on any atom is 0.256 e. The van der Waals surface area contributed by atoms with E-state index >= 15 is 0 Å². The van der Waals surface area contributed by atoms with E-state index in [0.717, 1.165) is 16.5 Å². The fourth-order valence-electron chi connectivity index (χ4n) is 4.16. The van der Waals surface area contributed by atoms with E-state index in [-0.39, 0.29) is 17.4 Å². The molecule has 0 bridgehead atoms. The first-order chi connectivity index (χ1) is 15.0. The number of benzene rings is 2. The molecule has 8 heteroatoms. The zero-order valence-electron chi connectivity index (χ0n) is 16.3. The normalized spacial score (nSPS) is 20.0. The van der Waals surface area contributed by atoms with Crippen molar-refractivity contribution in [3.05, 3.63) is 76.9 Å². The van der Waals surface area contributed by atoms with Crippen LogP contribution in [0.1, 0.15) is 27.1 Å². The highest BCUT2D eigenvalue weighted by Crippen LogP contribution is 2.33. The van der Waals surface area contributed by atoms with Crippen molar-refractivity contribution in [2.45, 2.75) is 18.5 Å². The molecule has 2 aliphatic heterocycles. The van der Waals surface area contributed by atoms with Gasteiger partial charge >= 0.3 is 0 Å². The fourth-order valence-corrected chi connectivity index (χ4v) is 4.89. The number of nitrogens with zero attached hydrogens (tertiary/aromatic N) is 1. The lowest BCUT2D eigenvalue weighted by atomic mass is 10.1. The summed E-state index contributed by atoms with van der Waals surface area (Å²) in [4.78, 5) is 41.4. The maximum absolute atomic E-state index is 13.5. The average molecular weight is 435 g/mol. The third kappa shape index (κ3) is 3.48. The second kappa shape index (κ2) is 7.63. The molecule has 0 aliphatic carbocycles. The number of carbonyl (C=O) groups excluding carboxylic acids is 3. The van der Waals surface area contributed by atoms with E-state index < -0.39 is 23.8 Å². The molecular formula is C23H18FN3O3S. The zero-order valence-corrected chi connectivity index (χ0v) is 17.1. The van der Waals surface area contributed by atoms with Gasteiger partial charge in [-0.2, -0.15) is 0 Å². The van der Waals surface area contributed by atoms with E-state index in [0.29, 0.717) is 24.2 Å². The first kappa shape index (κ1) is 19.4. The lowest BCUT2D eigenvalue weighted by Gasteiger charge is -2.25. The van der Waals surface area contributed by atoms with E-state index in [1.54, 1.807) is 23.5 Å².